The summed E-state index contributed by atoms with van der Waals surface area (Å²) < 4.78 is 2.76. The van der Waals surface area contributed by atoms with Gasteiger partial charge in [-0.1, -0.05) is 0 Å². The summed E-state index contributed by atoms with van der Waals surface area (Å²) in [7, 11) is 0. The molecule has 0 amide bonds. The Hall–Kier alpha value is -1.14. The van der Waals surface area contributed by atoms with Crippen LogP contribution in [0, 0.1) is 6.92 Å². The van der Waals surface area contributed by atoms with E-state index >= 15 is 0 Å². The molecule has 0 saturated heterocycles. The smallest absolute Gasteiger partial charge is 0.339 e. The summed E-state index contributed by atoms with van der Waals surface area (Å²) in [5, 5.41) is 13.0. The van der Waals surface area contributed by atoms with Crippen LogP contribution in [-0.4, -0.2) is 20.9 Å². The first-order chi connectivity index (χ1) is 7.58. The van der Waals surface area contributed by atoms with Gasteiger partial charge in [0.1, 0.15) is 5.56 Å². The lowest BCUT2D eigenvalue weighted by Crippen LogP contribution is -2.04. The second-order valence-corrected chi connectivity index (χ2v) is 5.86. The molecule has 2 rings (SSSR count). The Kier molecular flexibility index (Phi) is 3.11. The van der Waals surface area contributed by atoms with E-state index < -0.39 is 5.97 Å². The standard InChI is InChI=1S/C10H9BrN2O2S/c1-6-8(10(14)15)4-12-13(6)5-7-2-3-9(11)16-7/h2-4H,5H2,1H3,(H,14,15). The van der Waals surface area contributed by atoms with E-state index in [1.165, 1.54) is 6.20 Å². The summed E-state index contributed by atoms with van der Waals surface area (Å²) in [6.07, 6.45) is 1.39. The van der Waals surface area contributed by atoms with Crippen LogP contribution in [0.4, 0.5) is 0 Å². The van der Waals surface area contributed by atoms with Gasteiger partial charge in [-0.15, -0.1) is 11.3 Å². The highest BCUT2D eigenvalue weighted by atomic mass is 79.9. The number of nitrogens with zero attached hydrogens (tertiary/aromatic N) is 2. The van der Waals surface area contributed by atoms with E-state index in [0.29, 0.717) is 12.2 Å². The zero-order valence-corrected chi connectivity index (χ0v) is 10.9. The average molecular weight is 301 g/mol. The topological polar surface area (TPSA) is 55.1 Å². The van der Waals surface area contributed by atoms with Crippen LogP contribution in [0.5, 0.6) is 0 Å². The Labute approximate surface area is 105 Å². The molecule has 16 heavy (non-hydrogen) atoms. The fourth-order valence-electron chi connectivity index (χ4n) is 1.40. The summed E-state index contributed by atoms with van der Waals surface area (Å²) in [5.41, 5.74) is 0.938. The van der Waals surface area contributed by atoms with Crippen LogP contribution in [0.2, 0.25) is 0 Å². The molecule has 0 aliphatic rings. The summed E-state index contributed by atoms with van der Waals surface area (Å²) in [4.78, 5) is 12.0. The van der Waals surface area contributed by atoms with Crippen molar-refractivity contribution in [2.75, 3.05) is 0 Å². The van der Waals surface area contributed by atoms with Crippen LogP contribution in [0.15, 0.2) is 22.1 Å². The minimum absolute atomic E-state index is 0.260. The highest BCUT2D eigenvalue weighted by Crippen LogP contribution is 2.23. The number of rotatable bonds is 3. The van der Waals surface area contributed by atoms with Crippen molar-refractivity contribution in [1.82, 2.24) is 9.78 Å². The maximum atomic E-state index is 10.8. The van der Waals surface area contributed by atoms with Crippen molar-refractivity contribution in [3.8, 4) is 0 Å². The summed E-state index contributed by atoms with van der Waals surface area (Å²) >= 11 is 5.00. The van der Waals surface area contributed by atoms with Crippen molar-refractivity contribution < 1.29 is 9.90 Å². The third-order valence-corrected chi connectivity index (χ3v) is 3.88. The Morgan fingerprint density at radius 3 is 2.88 bits per heavy atom. The second-order valence-electron chi connectivity index (χ2n) is 3.31. The average Bonchev–Trinajstić information content (AvgIpc) is 2.76. The Morgan fingerprint density at radius 2 is 2.38 bits per heavy atom. The van der Waals surface area contributed by atoms with E-state index in [0.717, 1.165) is 8.66 Å². The molecule has 2 aromatic rings. The van der Waals surface area contributed by atoms with Crippen LogP contribution in [0.3, 0.4) is 0 Å². The molecule has 4 nitrogen and oxygen atoms in total. The number of hydrogen-bond donors (Lipinski definition) is 1. The van der Waals surface area contributed by atoms with Gasteiger partial charge in [-0.05, 0) is 35.0 Å². The third kappa shape index (κ3) is 2.17. The van der Waals surface area contributed by atoms with Crippen molar-refractivity contribution in [1.29, 1.82) is 0 Å². The Bertz CT molecular complexity index is 533. The number of hydrogen-bond acceptors (Lipinski definition) is 3. The van der Waals surface area contributed by atoms with Gasteiger partial charge in [0.25, 0.3) is 0 Å². The van der Waals surface area contributed by atoms with Gasteiger partial charge in [-0.2, -0.15) is 5.10 Å². The van der Waals surface area contributed by atoms with Crippen molar-refractivity contribution in [3.63, 3.8) is 0 Å². The first kappa shape index (κ1) is 11.3. The zero-order chi connectivity index (χ0) is 11.7. The predicted molar refractivity (Wildman–Crippen MR) is 65.0 cm³/mol. The van der Waals surface area contributed by atoms with Gasteiger partial charge < -0.3 is 5.11 Å². The second kappa shape index (κ2) is 4.39. The van der Waals surface area contributed by atoms with Crippen molar-refractivity contribution >= 4 is 33.2 Å². The van der Waals surface area contributed by atoms with Gasteiger partial charge in [-0.25, -0.2) is 4.79 Å². The molecule has 0 atom stereocenters. The summed E-state index contributed by atoms with van der Waals surface area (Å²) in [5.74, 6) is -0.934. The van der Waals surface area contributed by atoms with E-state index in [1.807, 2.05) is 12.1 Å². The molecule has 2 heterocycles. The molecule has 0 spiro atoms. The van der Waals surface area contributed by atoms with E-state index in [-0.39, 0.29) is 5.56 Å². The largest absolute Gasteiger partial charge is 0.478 e. The lowest BCUT2D eigenvalue weighted by molar-refractivity contribution is 0.0696. The Balaban J connectivity index is 2.25. The molecule has 0 aliphatic heterocycles. The number of thiophene rings is 1. The van der Waals surface area contributed by atoms with Crippen LogP contribution >= 0.6 is 27.3 Å². The number of carbonyl (C=O) groups is 1. The minimum Gasteiger partial charge on any atom is -0.478 e. The molecule has 0 radical (unpaired) electrons. The van der Waals surface area contributed by atoms with E-state index in [9.17, 15) is 4.79 Å². The number of carboxylic acid groups (broad SMARTS) is 1. The Morgan fingerprint density at radius 1 is 1.62 bits per heavy atom. The number of aromatic nitrogens is 2. The van der Waals surface area contributed by atoms with E-state index in [2.05, 4.69) is 21.0 Å². The van der Waals surface area contributed by atoms with Crippen molar-refractivity contribution in [2.45, 2.75) is 13.5 Å². The number of halogens is 1. The molecule has 0 fully saturated rings. The monoisotopic (exact) mass is 300 g/mol. The summed E-state index contributed by atoms with van der Waals surface area (Å²) in [6, 6.07) is 3.97. The quantitative estimate of drug-likeness (QED) is 0.948. The lowest BCUT2D eigenvalue weighted by Gasteiger charge is -2.01. The zero-order valence-electron chi connectivity index (χ0n) is 8.48. The van der Waals surface area contributed by atoms with Gasteiger partial charge in [0.2, 0.25) is 0 Å². The van der Waals surface area contributed by atoms with Crippen molar-refractivity contribution in [2.24, 2.45) is 0 Å². The highest BCUT2D eigenvalue weighted by Gasteiger charge is 2.13. The van der Waals surface area contributed by atoms with Gasteiger partial charge >= 0.3 is 5.97 Å². The van der Waals surface area contributed by atoms with E-state index in [1.54, 1.807) is 22.9 Å². The lowest BCUT2D eigenvalue weighted by atomic mass is 10.3. The fraction of sp³-hybridized carbons (Fsp3) is 0.200. The van der Waals surface area contributed by atoms with Crippen LogP contribution in [-0.2, 0) is 6.54 Å². The number of aromatic carboxylic acids is 1. The van der Waals surface area contributed by atoms with Gasteiger partial charge in [0.15, 0.2) is 0 Å². The van der Waals surface area contributed by atoms with Crippen LogP contribution < -0.4 is 0 Å². The molecule has 0 unspecified atom stereocenters. The molecule has 0 aromatic carbocycles. The molecule has 0 aliphatic carbocycles. The molecule has 1 N–H and O–H groups in total. The highest BCUT2D eigenvalue weighted by molar-refractivity contribution is 9.11. The predicted octanol–water partition coefficient (Wildman–Crippen LogP) is 2.76. The number of carboxylic acids is 1. The molecule has 0 bridgehead atoms. The molecule has 6 heteroatoms. The fourth-order valence-corrected chi connectivity index (χ4v) is 2.87. The van der Waals surface area contributed by atoms with Crippen LogP contribution in [0.1, 0.15) is 20.9 Å². The molecule has 2 aromatic heterocycles. The maximum absolute atomic E-state index is 10.8. The van der Waals surface area contributed by atoms with Crippen LogP contribution in [0.25, 0.3) is 0 Å². The van der Waals surface area contributed by atoms with Gasteiger partial charge in [-0.3, -0.25) is 4.68 Å². The molecule has 0 saturated carbocycles. The molecular formula is C10H9BrN2O2S. The van der Waals surface area contributed by atoms with Gasteiger partial charge in [0.05, 0.1) is 22.2 Å². The van der Waals surface area contributed by atoms with E-state index in [4.69, 9.17) is 5.11 Å². The van der Waals surface area contributed by atoms with Gasteiger partial charge in [0, 0.05) is 4.88 Å². The minimum atomic E-state index is -0.934. The third-order valence-electron chi connectivity index (χ3n) is 2.27. The first-order valence-electron chi connectivity index (χ1n) is 4.58. The maximum Gasteiger partial charge on any atom is 0.339 e. The SMILES string of the molecule is Cc1c(C(=O)O)cnn1Cc1ccc(Br)s1. The molecular weight excluding hydrogens is 292 g/mol. The normalized spacial score (nSPS) is 10.6. The van der Waals surface area contributed by atoms with Crippen molar-refractivity contribution in [3.05, 3.63) is 38.3 Å². The first-order valence-corrected chi connectivity index (χ1v) is 6.19. The summed E-state index contributed by atoms with van der Waals surface area (Å²) in [6.45, 7) is 2.37. The molecule has 84 valence electrons.